The lowest BCUT2D eigenvalue weighted by Crippen LogP contribution is -2.55. The Morgan fingerprint density at radius 3 is 2.91 bits per heavy atom. The van der Waals surface area contributed by atoms with Crippen molar-refractivity contribution in [2.24, 2.45) is 0 Å². The molecule has 5 N–H and O–H groups in total. The number of nitrogens with zero attached hydrogens (tertiary/aromatic N) is 2. The van der Waals surface area contributed by atoms with Crippen LogP contribution in [0.25, 0.3) is 0 Å². The minimum Gasteiger partial charge on any atom is -0.376 e. The van der Waals surface area contributed by atoms with Crippen LogP contribution in [-0.4, -0.2) is 58.4 Å². The summed E-state index contributed by atoms with van der Waals surface area (Å²) in [5, 5.41) is 5.08. The fraction of sp³-hybridized carbons (Fsp3) is 1.00. The van der Waals surface area contributed by atoms with Gasteiger partial charge in [-0.1, -0.05) is 12.8 Å². The van der Waals surface area contributed by atoms with Gasteiger partial charge in [0.25, 0.3) is 0 Å². The van der Waals surface area contributed by atoms with Gasteiger partial charge >= 0.3 is 0 Å². The number of ether oxygens (including phenoxy) is 1. The van der Waals surface area contributed by atoms with Gasteiger partial charge in [0, 0.05) is 25.2 Å². The molecule has 6 unspecified atom stereocenters. The molecule has 0 aromatic heterocycles. The summed E-state index contributed by atoms with van der Waals surface area (Å²) in [5.74, 6) is 0. The van der Waals surface area contributed by atoms with Crippen molar-refractivity contribution in [3.63, 3.8) is 0 Å². The van der Waals surface area contributed by atoms with Crippen molar-refractivity contribution in [2.45, 2.75) is 73.8 Å². The van der Waals surface area contributed by atoms with Crippen LogP contribution in [-0.2, 0) is 4.74 Å². The van der Waals surface area contributed by atoms with Gasteiger partial charge in [-0.05, 0) is 25.7 Å². The fourth-order valence-corrected chi connectivity index (χ4v) is 5.78. The zero-order valence-electron chi connectivity index (χ0n) is 13.3. The molecule has 4 heterocycles. The van der Waals surface area contributed by atoms with Crippen molar-refractivity contribution in [3.8, 4) is 0 Å². The molecule has 1 aliphatic carbocycles. The zero-order valence-corrected chi connectivity index (χ0v) is 14.1. The highest BCUT2D eigenvalue weighted by Gasteiger charge is 2.47. The van der Waals surface area contributed by atoms with Gasteiger partial charge in [0.15, 0.2) is 0 Å². The number of hydrogen-bond acceptors (Lipinski definition) is 9. The van der Waals surface area contributed by atoms with Crippen molar-refractivity contribution in [3.05, 3.63) is 0 Å². The molecule has 5 fully saturated rings. The van der Waals surface area contributed by atoms with E-state index in [1.807, 2.05) is 11.8 Å². The van der Waals surface area contributed by atoms with Crippen LogP contribution in [0.15, 0.2) is 0 Å². The molecule has 130 valence electrons. The minimum absolute atomic E-state index is 0.258. The second kappa shape index (κ2) is 6.40. The predicted octanol–water partition coefficient (Wildman–Crippen LogP) is -0.602. The molecule has 0 amide bonds. The third-order valence-corrected chi connectivity index (χ3v) is 7.01. The van der Waals surface area contributed by atoms with Gasteiger partial charge in [-0.2, -0.15) is 10.5 Å². The normalized spacial score (nSPS) is 48.0. The van der Waals surface area contributed by atoms with E-state index in [-0.39, 0.29) is 11.7 Å². The third kappa shape index (κ3) is 2.82. The summed E-state index contributed by atoms with van der Waals surface area (Å²) >= 11 is 1.92. The number of nitrogens with one attached hydrogen (secondary N) is 5. The Balaban J connectivity index is 1.20. The summed E-state index contributed by atoms with van der Waals surface area (Å²) < 4.78 is 5.85. The van der Waals surface area contributed by atoms with Gasteiger partial charge in [0.2, 0.25) is 0 Å². The molecule has 4 saturated heterocycles. The van der Waals surface area contributed by atoms with Crippen LogP contribution in [0.4, 0.5) is 0 Å². The second-order valence-electron chi connectivity index (χ2n) is 7.17. The first-order valence-electron chi connectivity index (χ1n) is 8.99. The molecule has 0 aromatic rings. The van der Waals surface area contributed by atoms with Crippen molar-refractivity contribution < 1.29 is 4.74 Å². The van der Waals surface area contributed by atoms with Crippen LogP contribution in [0, 0.1) is 0 Å². The zero-order chi connectivity index (χ0) is 15.2. The van der Waals surface area contributed by atoms with E-state index in [4.69, 9.17) is 4.74 Å². The van der Waals surface area contributed by atoms with E-state index in [1.54, 1.807) is 0 Å². The Kier molecular flexibility index (Phi) is 4.25. The van der Waals surface area contributed by atoms with E-state index in [2.05, 4.69) is 37.3 Å². The average molecular weight is 341 g/mol. The summed E-state index contributed by atoms with van der Waals surface area (Å²) in [6, 6.07) is 1.23. The minimum atomic E-state index is 0.258. The summed E-state index contributed by atoms with van der Waals surface area (Å²) in [5.41, 5.74) is 17.7. The molecule has 23 heavy (non-hydrogen) atoms. The van der Waals surface area contributed by atoms with Crippen molar-refractivity contribution in [1.29, 1.82) is 0 Å². The Bertz CT molecular complexity index is 437. The standard InChI is InChI=1S/C14H27N7OS/c1-2-5-10-9(4-1)15-19-20(10)8-12-16-17-14-21(12)18-13(23-14)11-6-3-7-22-11/h9-19H,1-8H2. The maximum atomic E-state index is 5.85. The average Bonchev–Trinajstić information content (AvgIpc) is 3.32. The van der Waals surface area contributed by atoms with Crippen molar-refractivity contribution >= 4 is 11.8 Å². The molecule has 4 aliphatic heterocycles. The van der Waals surface area contributed by atoms with Crippen LogP contribution < -0.4 is 27.2 Å². The first-order chi connectivity index (χ1) is 11.4. The molecule has 5 aliphatic rings. The molecule has 0 aromatic carbocycles. The number of rotatable bonds is 3. The van der Waals surface area contributed by atoms with Gasteiger partial charge in [-0.3, -0.25) is 0 Å². The lowest BCUT2D eigenvalue weighted by atomic mass is 9.91. The van der Waals surface area contributed by atoms with Gasteiger partial charge < -0.3 is 4.74 Å². The van der Waals surface area contributed by atoms with Crippen LogP contribution in [0.2, 0.25) is 0 Å². The predicted molar refractivity (Wildman–Crippen MR) is 88.2 cm³/mol. The molecule has 0 spiro atoms. The van der Waals surface area contributed by atoms with Crippen LogP contribution in [0.1, 0.15) is 38.5 Å². The Morgan fingerprint density at radius 1 is 1.04 bits per heavy atom. The van der Waals surface area contributed by atoms with Crippen LogP contribution in [0.5, 0.6) is 0 Å². The van der Waals surface area contributed by atoms with Gasteiger partial charge in [-0.25, -0.2) is 26.7 Å². The van der Waals surface area contributed by atoms with Crippen LogP contribution in [0.3, 0.4) is 0 Å². The summed E-state index contributed by atoms with van der Waals surface area (Å²) in [6.07, 6.45) is 8.24. The molecular weight excluding hydrogens is 314 g/mol. The molecule has 1 saturated carbocycles. The number of hydrazine groups is 4. The first-order valence-corrected chi connectivity index (χ1v) is 9.93. The third-order valence-electron chi connectivity index (χ3n) is 5.71. The SMILES string of the molecule is C1CCC2C(C1)NNN2CC1NNC2SC(C3CCCO3)NN12. The van der Waals surface area contributed by atoms with Crippen LogP contribution >= 0.6 is 11.8 Å². The van der Waals surface area contributed by atoms with E-state index >= 15 is 0 Å². The number of fused-ring (bicyclic) bond motifs is 2. The van der Waals surface area contributed by atoms with E-state index in [0.29, 0.717) is 23.6 Å². The molecule has 5 rings (SSSR count). The van der Waals surface area contributed by atoms with E-state index in [9.17, 15) is 0 Å². The molecule has 0 bridgehead atoms. The maximum Gasteiger partial charge on any atom is 0.137 e. The van der Waals surface area contributed by atoms with Gasteiger partial charge in [0.1, 0.15) is 11.7 Å². The highest BCUT2D eigenvalue weighted by atomic mass is 32.2. The number of hydrogen-bond donors (Lipinski definition) is 5. The quantitative estimate of drug-likeness (QED) is 0.462. The Hall–Kier alpha value is 0.0300. The molecule has 0 radical (unpaired) electrons. The lowest BCUT2D eigenvalue weighted by Gasteiger charge is -2.32. The first kappa shape index (κ1) is 15.3. The molecular formula is C14H27N7OS. The highest BCUT2D eigenvalue weighted by molar-refractivity contribution is 8.00. The summed E-state index contributed by atoms with van der Waals surface area (Å²) in [4.78, 5) is 0. The van der Waals surface area contributed by atoms with E-state index in [0.717, 1.165) is 13.2 Å². The molecule has 6 atom stereocenters. The van der Waals surface area contributed by atoms with Gasteiger partial charge in [-0.15, -0.1) is 11.8 Å². The smallest absolute Gasteiger partial charge is 0.137 e. The van der Waals surface area contributed by atoms with Gasteiger partial charge in [0.05, 0.1) is 11.5 Å². The lowest BCUT2D eigenvalue weighted by molar-refractivity contribution is 0.0473. The topological polar surface area (TPSA) is 75.9 Å². The molecule has 8 nitrogen and oxygen atoms in total. The molecule has 9 heteroatoms. The van der Waals surface area contributed by atoms with E-state index < -0.39 is 0 Å². The Morgan fingerprint density at radius 2 is 2.00 bits per heavy atom. The summed E-state index contributed by atoms with van der Waals surface area (Å²) in [6.45, 7) is 1.86. The van der Waals surface area contributed by atoms with Crippen molar-refractivity contribution in [1.82, 2.24) is 37.3 Å². The summed E-state index contributed by atoms with van der Waals surface area (Å²) in [7, 11) is 0. The monoisotopic (exact) mass is 341 g/mol. The fourth-order valence-electron chi connectivity index (χ4n) is 4.46. The largest absolute Gasteiger partial charge is 0.376 e. The van der Waals surface area contributed by atoms with Crippen molar-refractivity contribution in [2.75, 3.05) is 13.2 Å². The second-order valence-corrected chi connectivity index (χ2v) is 8.39. The highest BCUT2D eigenvalue weighted by Crippen LogP contribution is 2.34. The maximum absolute atomic E-state index is 5.85. The Labute approximate surface area is 141 Å². The number of thioether (sulfide) groups is 1. The van der Waals surface area contributed by atoms with E-state index in [1.165, 1.54) is 38.5 Å².